The number of ether oxygens (including phenoxy) is 2. The van der Waals surface area contributed by atoms with Crippen LogP contribution in [0.3, 0.4) is 0 Å². The average Bonchev–Trinajstić information content (AvgIpc) is 2.75. The van der Waals surface area contributed by atoms with Crippen molar-refractivity contribution in [3.63, 3.8) is 0 Å². The first-order valence-corrected chi connectivity index (χ1v) is 8.95. The molecule has 2 aromatic rings. The number of hydrogen-bond donors (Lipinski definition) is 1. The number of morpholine rings is 1. The van der Waals surface area contributed by atoms with Crippen LogP contribution in [0, 0.1) is 11.3 Å². The number of nitriles is 1. The number of methoxy groups -OCH3 is 1. The lowest BCUT2D eigenvalue weighted by Crippen LogP contribution is -2.43. The number of carbonyl (C=O) groups is 1. The minimum absolute atomic E-state index is 0.0444. The summed E-state index contributed by atoms with van der Waals surface area (Å²) in [4.78, 5) is 14.9. The van der Waals surface area contributed by atoms with Crippen molar-refractivity contribution < 1.29 is 14.3 Å². The number of amides is 1. The number of nitrogens with one attached hydrogen (secondary N) is 1. The standard InChI is InChI=1S/C21H23N3O3/c1-26-19-7-5-17(6-8-19)20(24-9-11-27-12-10-24)15-23-21(25)18-4-2-3-16(13-18)14-22/h2-8,13,20H,9-12,15H2,1H3,(H,23,25). The zero-order valence-electron chi connectivity index (χ0n) is 15.4. The van der Waals surface area contributed by atoms with E-state index in [1.807, 2.05) is 24.3 Å². The summed E-state index contributed by atoms with van der Waals surface area (Å²) in [6.07, 6.45) is 0. The first kappa shape index (κ1) is 18.9. The molecule has 0 spiro atoms. The van der Waals surface area contributed by atoms with E-state index in [4.69, 9.17) is 14.7 Å². The maximum Gasteiger partial charge on any atom is 0.251 e. The van der Waals surface area contributed by atoms with E-state index in [9.17, 15) is 4.79 Å². The van der Waals surface area contributed by atoms with Crippen LogP contribution < -0.4 is 10.1 Å². The molecule has 0 saturated carbocycles. The van der Waals surface area contributed by atoms with Gasteiger partial charge in [-0.15, -0.1) is 0 Å². The Hall–Kier alpha value is -2.88. The summed E-state index contributed by atoms with van der Waals surface area (Å²) < 4.78 is 10.7. The van der Waals surface area contributed by atoms with Gasteiger partial charge in [0.25, 0.3) is 5.91 Å². The van der Waals surface area contributed by atoms with Gasteiger partial charge in [-0.05, 0) is 35.9 Å². The average molecular weight is 365 g/mol. The summed E-state index contributed by atoms with van der Waals surface area (Å²) in [7, 11) is 1.64. The Morgan fingerprint density at radius 2 is 2.00 bits per heavy atom. The maximum atomic E-state index is 12.5. The van der Waals surface area contributed by atoms with Gasteiger partial charge < -0.3 is 14.8 Å². The summed E-state index contributed by atoms with van der Waals surface area (Å²) in [6, 6.07) is 16.8. The smallest absolute Gasteiger partial charge is 0.251 e. The van der Waals surface area contributed by atoms with Gasteiger partial charge >= 0.3 is 0 Å². The third-order valence-corrected chi connectivity index (χ3v) is 4.70. The van der Waals surface area contributed by atoms with Crippen LogP contribution in [0.4, 0.5) is 0 Å². The second kappa shape index (κ2) is 9.17. The zero-order valence-corrected chi connectivity index (χ0v) is 15.4. The highest BCUT2D eigenvalue weighted by Crippen LogP contribution is 2.23. The molecular weight excluding hydrogens is 342 g/mol. The van der Waals surface area contributed by atoms with E-state index in [-0.39, 0.29) is 11.9 Å². The predicted octanol–water partition coefficient (Wildman–Crippen LogP) is 2.37. The second-order valence-corrected chi connectivity index (χ2v) is 6.34. The van der Waals surface area contributed by atoms with E-state index in [1.54, 1.807) is 31.4 Å². The summed E-state index contributed by atoms with van der Waals surface area (Å²) >= 11 is 0. The maximum absolute atomic E-state index is 12.5. The molecule has 6 nitrogen and oxygen atoms in total. The van der Waals surface area contributed by atoms with Crippen molar-refractivity contribution >= 4 is 5.91 Å². The van der Waals surface area contributed by atoms with Crippen molar-refractivity contribution in [2.24, 2.45) is 0 Å². The van der Waals surface area contributed by atoms with Gasteiger partial charge in [-0.25, -0.2) is 0 Å². The Bertz CT molecular complexity index is 808. The molecule has 0 radical (unpaired) electrons. The Balaban J connectivity index is 1.74. The van der Waals surface area contributed by atoms with E-state index in [0.717, 1.165) is 24.4 Å². The van der Waals surface area contributed by atoms with Gasteiger partial charge in [0, 0.05) is 25.2 Å². The van der Waals surface area contributed by atoms with Crippen LogP contribution in [0.15, 0.2) is 48.5 Å². The summed E-state index contributed by atoms with van der Waals surface area (Å²) in [6.45, 7) is 3.48. The van der Waals surface area contributed by atoms with Crippen LogP contribution in [0.25, 0.3) is 0 Å². The summed E-state index contributed by atoms with van der Waals surface area (Å²) in [5, 5.41) is 12.0. The van der Waals surface area contributed by atoms with Gasteiger partial charge in [-0.3, -0.25) is 9.69 Å². The van der Waals surface area contributed by atoms with E-state index in [2.05, 4.69) is 16.3 Å². The molecule has 1 aliphatic heterocycles. The van der Waals surface area contributed by atoms with E-state index < -0.39 is 0 Å². The van der Waals surface area contributed by atoms with Crippen molar-refractivity contribution in [1.82, 2.24) is 10.2 Å². The fourth-order valence-corrected chi connectivity index (χ4v) is 3.19. The van der Waals surface area contributed by atoms with Crippen LogP contribution in [-0.4, -0.2) is 50.8 Å². The first-order valence-electron chi connectivity index (χ1n) is 8.95. The lowest BCUT2D eigenvalue weighted by Gasteiger charge is -2.35. The fraction of sp³-hybridized carbons (Fsp3) is 0.333. The zero-order chi connectivity index (χ0) is 19.1. The lowest BCUT2D eigenvalue weighted by atomic mass is 10.0. The highest BCUT2D eigenvalue weighted by atomic mass is 16.5. The number of carbonyl (C=O) groups excluding carboxylic acids is 1. The third-order valence-electron chi connectivity index (χ3n) is 4.70. The molecule has 1 saturated heterocycles. The van der Waals surface area contributed by atoms with Crippen LogP contribution in [0.1, 0.15) is 27.5 Å². The molecule has 2 aromatic carbocycles. The molecule has 0 aliphatic carbocycles. The number of rotatable bonds is 6. The molecule has 1 N–H and O–H groups in total. The largest absolute Gasteiger partial charge is 0.497 e. The van der Waals surface area contributed by atoms with Crippen LogP contribution >= 0.6 is 0 Å². The van der Waals surface area contributed by atoms with Crippen LogP contribution in [-0.2, 0) is 4.74 Å². The van der Waals surface area contributed by atoms with Crippen LogP contribution in [0.5, 0.6) is 5.75 Å². The molecule has 6 heteroatoms. The van der Waals surface area contributed by atoms with Crippen molar-refractivity contribution in [2.75, 3.05) is 40.0 Å². The van der Waals surface area contributed by atoms with Gasteiger partial charge in [0.2, 0.25) is 0 Å². The topological polar surface area (TPSA) is 74.6 Å². The normalized spacial score (nSPS) is 15.6. The first-order chi connectivity index (χ1) is 13.2. The number of nitrogens with zero attached hydrogens (tertiary/aromatic N) is 2. The minimum atomic E-state index is -0.182. The molecule has 0 bridgehead atoms. The highest BCUT2D eigenvalue weighted by Gasteiger charge is 2.23. The summed E-state index contributed by atoms with van der Waals surface area (Å²) in [5.74, 6) is 0.621. The monoisotopic (exact) mass is 365 g/mol. The SMILES string of the molecule is COc1ccc(C(CNC(=O)c2cccc(C#N)c2)N2CCOCC2)cc1. The molecule has 1 aliphatic rings. The Kier molecular flexibility index (Phi) is 6.42. The van der Waals surface area contributed by atoms with Crippen molar-refractivity contribution in [2.45, 2.75) is 6.04 Å². The molecule has 0 aromatic heterocycles. The van der Waals surface area contributed by atoms with Gasteiger partial charge in [-0.1, -0.05) is 18.2 Å². The molecule has 27 heavy (non-hydrogen) atoms. The number of hydrogen-bond acceptors (Lipinski definition) is 5. The second-order valence-electron chi connectivity index (χ2n) is 6.34. The quantitative estimate of drug-likeness (QED) is 0.851. The van der Waals surface area contributed by atoms with E-state index in [0.29, 0.717) is 30.9 Å². The molecular formula is C21H23N3O3. The molecule has 3 rings (SSSR count). The fourth-order valence-electron chi connectivity index (χ4n) is 3.19. The lowest BCUT2D eigenvalue weighted by molar-refractivity contribution is 0.0162. The molecule has 1 unspecified atom stereocenters. The molecule has 1 amide bonds. The molecule has 140 valence electrons. The van der Waals surface area contributed by atoms with Crippen LogP contribution in [0.2, 0.25) is 0 Å². The van der Waals surface area contributed by atoms with E-state index >= 15 is 0 Å². The Morgan fingerprint density at radius 1 is 1.26 bits per heavy atom. The number of benzene rings is 2. The Labute approximate surface area is 159 Å². The van der Waals surface area contributed by atoms with Crippen molar-refractivity contribution in [1.29, 1.82) is 5.26 Å². The predicted molar refractivity (Wildman–Crippen MR) is 102 cm³/mol. The minimum Gasteiger partial charge on any atom is -0.497 e. The third kappa shape index (κ3) is 4.85. The summed E-state index contributed by atoms with van der Waals surface area (Å²) in [5.41, 5.74) is 2.08. The molecule has 1 heterocycles. The van der Waals surface area contributed by atoms with Crippen molar-refractivity contribution in [3.05, 3.63) is 65.2 Å². The Morgan fingerprint density at radius 3 is 2.67 bits per heavy atom. The van der Waals surface area contributed by atoms with Gasteiger partial charge in [0.1, 0.15) is 5.75 Å². The van der Waals surface area contributed by atoms with Crippen molar-refractivity contribution in [3.8, 4) is 11.8 Å². The highest BCUT2D eigenvalue weighted by molar-refractivity contribution is 5.94. The van der Waals surface area contributed by atoms with Gasteiger partial charge in [0.15, 0.2) is 0 Å². The molecule has 1 atom stereocenters. The van der Waals surface area contributed by atoms with Gasteiger partial charge in [-0.2, -0.15) is 5.26 Å². The van der Waals surface area contributed by atoms with E-state index in [1.165, 1.54) is 0 Å². The van der Waals surface area contributed by atoms with Gasteiger partial charge in [0.05, 0.1) is 38.0 Å². The molecule has 1 fully saturated rings.